The van der Waals surface area contributed by atoms with E-state index in [0.29, 0.717) is 28.8 Å². The van der Waals surface area contributed by atoms with Gasteiger partial charge >= 0.3 is 0 Å². The van der Waals surface area contributed by atoms with Crippen molar-refractivity contribution in [1.29, 1.82) is 0 Å². The van der Waals surface area contributed by atoms with Crippen LogP contribution in [-0.2, 0) is 0 Å². The number of methoxy groups -OCH3 is 1. The zero-order valence-corrected chi connectivity index (χ0v) is 12.7. The predicted octanol–water partition coefficient (Wildman–Crippen LogP) is 3.28. The molecule has 1 aromatic carbocycles. The van der Waals surface area contributed by atoms with Gasteiger partial charge in [0.15, 0.2) is 16.6 Å². The van der Waals surface area contributed by atoms with Gasteiger partial charge < -0.3 is 9.47 Å². The Balaban J connectivity index is 2.15. The molecule has 0 fully saturated rings. The molecule has 1 N–H and O–H groups in total. The van der Waals surface area contributed by atoms with Crippen LogP contribution in [0.3, 0.4) is 0 Å². The van der Waals surface area contributed by atoms with Crippen LogP contribution in [0, 0.1) is 6.92 Å². The van der Waals surface area contributed by atoms with E-state index in [1.54, 1.807) is 24.3 Å². The molecule has 110 valence electrons. The quantitative estimate of drug-likeness (QED) is 0.832. The molecule has 2 aromatic rings. The van der Waals surface area contributed by atoms with Gasteiger partial charge in [-0.05, 0) is 25.1 Å². The molecule has 0 spiro atoms. The Bertz CT molecular complexity index is 652. The van der Waals surface area contributed by atoms with Crippen molar-refractivity contribution in [3.05, 3.63) is 47.5 Å². The fourth-order valence-corrected chi connectivity index (χ4v) is 2.34. The first-order valence-electron chi connectivity index (χ1n) is 6.29. The van der Waals surface area contributed by atoms with Gasteiger partial charge in [-0.2, -0.15) is 0 Å². The van der Waals surface area contributed by atoms with Crippen molar-refractivity contribution in [2.24, 2.45) is 0 Å². The molecule has 0 unspecified atom stereocenters. The molecule has 0 saturated heterocycles. The number of thiazole rings is 1. The zero-order valence-electron chi connectivity index (χ0n) is 11.9. The van der Waals surface area contributed by atoms with Gasteiger partial charge in [-0.15, -0.1) is 11.3 Å². The minimum atomic E-state index is -0.238. The summed E-state index contributed by atoms with van der Waals surface area (Å²) in [6, 6.07) is 5.01. The maximum Gasteiger partial charge on any atom is 0.257 e. The van der Waals surface area contributed by atoms with E-state index in [0.717, 1.165) is 5.69 Å². The summed E-state index contributed by atoms with van der Waals surface area (Å²) in [7, 11) is 1.53. The lowest BCUT2D eigenvalue weighted by Crippen LogP contribution is -2.12. The summed E-state index contributed by atoms with van der Waals surface area (Å²) in [5, 5.41) is 5.20. The summed E-state index contributed by atoms with van der Waals surface area (Å²) in [6.07, 6.45) is 1.64. The lowest BCUT2D eigenvalue weighted by molar-refractivity contribution is 0.102. The smallest absolute Gasteiger partial charge is 0.257 e. The molecule has 0 bridgehead atoms. The number of amides is 1. The van der Waals surface area contributed by atoms with E-state index < -0.39 is 0 Å². The Morgan fingerprint density at radius 1 is 1.48 bits per heavy atom. The lowest BCUT2D eigenvalue weighted by atomic mass is 10.2. The third-order valence-electron chi connectivity index (χ3n) is 2.62. The molecule has 0 aliphatic rings. The summed E-state index contributed by atoms with van der Waals surface area (Å²) in [4.78, 5) is 16.4. The number of hydrogen-bond acceptors (Lipinski definition) is 5. The number of carbonyl (C=O) groups is 1. The molecular formula is C15H16N2O3S. The van der Waals surface area contributed by atoms with E-state index in [1.165, 1.54) is 18.4 Å². The van der Waals surface area contributed by atoms with Crippen molar-refractivity contribution in [3.8, 4) is 11.5 Å². The van der Waals surface area contributed by atoms with Crippen LogP contribution in [0.25, 0.3) is 0 Å². The monoisotopic (exact) mass is 304 g/mol. The summed E-state index contributed by atoms with van der Waals surface area (Å²) < 4.78 is 10.7. The number of ether oxygens (including phenoxy) is 2. The minimum Gasteiger partial charge on any atom is -0.493 e. The maximum atomic E-state index is 12.2. The van der Waals surface area contributed by atoms with Gasteiger partial charge in [0.25, 0.3) is 5.91 Å². The zero-order chi connectivity index (χ0) is 15.2. The van der Waals surface area contributed by atoms with Crippen LogP contribution in [0.1, 0.15) is 16.1 Å². The average molecular weight is 304 g/mol. The van der Waals surface area contributed by atoms with E-state index in [2.05, 4.69) is 16.9 Å². The highest BCUT2D eigenvalue weighted by Crippen LogP contribution is 2.28. The van der Waals surface area contributed by atoms with Gasteiger partial charge in [0.2, 0.25) is 0 Å². The first kappa shape index (κ1) is 15.1. The van der Waals surface area contributed by atoms with Crippen LogP contribution in [0.4, 0.5) is 5.13 Å². The number of anilines is 1. The number of nitrogens with zero attached hydrogens (tertiary/aromatic N) is 1. The second kappa shape index (κ2) is 6.90. The number of aromatic nitrogens is 1. The summed E-state index contributed by atoms with van der Waals surface area (Å²) >= 11 is 1.39. The van der Waals surface area contributed by atoms with Crippen LogP contribution in [0.5, 0.6) is 11.5 Å². The molecule has 0 aliphatic carbocycles. The third-order valence-corrected chi connectivity index (χ3v) is 3.50. The molecule has 1 amide bonds. The van der Waals surface area contributed by atoms with E-state index in [-0.39, 0.29) is 5.91 Å². The molecule has 5 nitrogen and oxygen atoms in total. The topological polar surface area (TPSA) is 60.5 Å². The SMILES string of the molecule is C=CCOc1ccc(C(=O)Nc2nc(C)cs2)cc1OC. The van der Waals surface area contributed by atoms with Gasteiger partial charge in [-0.3, -0.25) is 10.1 Å². The number of hydrogen-bond donors (Lipinski definition) is 1. The van der Waals surface area contributed by atoms with Crippen molar-refractivity contribution >= 4 is 22.4 Å². The summed E-state index contributed by atoms with van der Waals surface area (Å²) in [5.74, 6) is 0.830. The Morgan fingerprint density at radius 2 is 2.29 bits per heavy atom. The molecule has 0 atom stereocenters. The fourth-order valence-electron chi connectivity index (χ4n) is 1.66. The highest BCUT2D eigenvalue weighted by atomic mass is 32.1. The number of rotatable bonds is 6. The van der Waals surface area contributed by atoms with Gasteiger partial charge in [0.1, 0.15) is 6.61 Å². The Labute approximate surface area is 127 Å². The van der Waals surface area contributed by atoms with Crippen molar-refractivity contribution in [1.82, 2.24) is 4.98 Å². The van der Waals surface area contributed by atoms with E-state index in [9.17, 15) is 4.79 Å². The number of aryl methyl sites for hydroxylation is 1. The molecule has 1 aromatic heterocycles. The first-order valence-corrected chi connectivity index (χ1v) is 7.17. The largest absolute Gasteiger partial charge is 0.493 e. The minimum absolute atomic E-state index is 0.238. The van der Waals surface area contributed by atoms with Gasteiger partial charge in [-0.1, -0.05) is 12.7 Å². The molecule has 6 heteroatoms. The third kappa shape index (κ3) is 3.82. The number of benzene rings is 1. The Morgan fingerprint density at radius 3 is 2.90 bits per heavy atom. The van der Waals surface area contributed by atoms with E-state index in [1.807, 2.05) is 12.3 Å². The molecule has 21 heavy (non-hydrogen) atoms. The molecule has 0 radical (unpaired) electrons. The average Bonchev–Trinajstić information content (AvgIpc) is 2.90. The van der Waals surface area contributed by atoms with Crippen molar-refractivity contribution in [2.45, 2.75) is 6.92 Å². The van der Waals surface area contributed by atoms with E-state index in [4.69, 9.17) is 9.47 Å². The van der Waals surface area contributed by atoms with Crippen LogP contribution in [-0.4, -0.2) is 24.6 Å². The van der Waals surface area contributed by atoms with Crippen LogP contribution >= 0.6 is 11.3 Å². The molecule has 0 aliphatic heterocycles. The first-order chi connectivity index (χ1) is 10.1. The Hall–Kier alpha value is -2.34. The highest BCUT2D eigenvalue weighted by molar-refractivity contribution is 7.13. The van der Waals surface area contributed by atoms with Crippen molar-refractivity contribution < 1.29 is 14.3 Å². The molecular weight excluding hydrogens is 288 g/mol. The van der Waals surface area contributed by atoms with Gasteiger partial charge in [0.05, 0.1) is 12.8 Å². The van der Waals surface area contributed by atoms with Crippen molar-refractivity contribution in [2.75, 3.05) is 19.0 Å². The van der Waals surface area contributed by atoms with Crippen molar-refractivity contribution in [3.63, 3.8) is 0 Å². The number of nitrogens with one attached hydrogen (secondary N) is 1. The van der Waals surface area contributed by atoms with Crippen LogP contribution < -0.4 is 14.8 Å². The maximum absolute atomic E-state index is 12.2. The van der Waals surface area contributed by atoms with Gasteiger partial charge in [0, 0.05) is 10.9 Å². The molecule has 1 heterocycles. The second-order valence-corrected chi connectivity index (χ2v) is 5.07. The predicted molar refractivity (Wildman–Crippen MR) is 83.5 cm³/mol. The normalized spacial score (nSPS) is 10.0. The summed E-state index contributed by atoms with van der Waals surface area (Å²) in [6.45, 7) is 5.84. The highest BCUT2D eigenvalue weighted by Gasteiger charge is 2.12. The van der Waals surface area contributed by atoms with Crippen LogP contribution in [0.15, 0.2) is 36.2 Å². The molecule has 0 saturated carbocycles. The standard InChI is InChI=1S/C15H16N2O3S/c1-4-7-20-12-6-5-11(8-13(12)19-3)14(18)17-15-16-10(2)9-21-15/h4-6,8-9H,1,7H2,2-3H3,(H,16,17,18). The fraction of sp³-hybridized carbons (Fsp3) is 0.200. The summed E-state index contributed by atoms with van der Waals surface area (Å²) in [5.41, 5.74) is 1.35. The van der Waals surface area contributed by atoms with Gasteiger partial charge in [-0.25, -0.2) is 4.98 Å². The van der Waals surface area contributed by atoms with Crippen LogP contribution in [0.2, 0.25) is 0 Å². The number of carbonyl (C=O) groups excluding carboxylic acids is 1. The Kier molecular flexibility index (Phi) is 4.94. The van der Waals surface area contributed by atoms with E-state index >= 15 is 0 Å². The second-order valence-electron chi connectivity index (χ2n) is 4.21. The molecule has 2 rings (SSSR count). The lowest BCUT2D eigenvalue weighted by Gasteiger charge is -2.10.